The van der Waals surface area contributed by atoms with Crippen LogP contribution in [0, 0.1) is 0 Å². The molecule has 0 saturated carbocycles. The smallest absolute Gasteiger partial charge is 0.258 e. The van der Waals surface area contributed by atoms with Gasteiger partial charge >= 0.3 is 0 Å². The van der Waals surface area contributed by atoms with E-state index in [4.69, 9.17) is 5.84 Å². The zero-order valence-electron chi connectivity index (χ0n) is 20.1. The van der Waals surface area contributed by atoms with E-state index in [0.717, 1.165) is 24.2 Å². The Morgan fingerprint density at radius 3 is 2.31 bits per heavy atom. The number of fused-ring (bicyclic) bond motifs is 1. The lowest BCUT2D eigenvalue weighted by molar-refractivity contribution is -0.113. The van der Waals surface area contributed by atoms with Gasteiger partial charge in [0.2, 0.25) is 0 Å². The van der Waals surface area contributed by atoms with Crippen LogP contribution in [0.3, 0.4) is 0 Å². The molecular formula is C26H31N5O4. The number of hydrogen-bond donors (Lipinski definition) is 3. The van der Waals surface area contributed by atoms with Crippen LogP contribution < -0.4 is 11.3 Å². The third-order valence-electron chi connectivity index (χ3n) is 6.76. The molecule has 0 unspecified atom stereocenters. The Labute approximate surface area is 204 Å². The first-order valence-electron chi connectivity index (χ1n) is 11.7. The summed E-state index contributed by atoms with van der Waals surface area (Å²) in [6.45, 7) is 9.32. The van der Waals surface area contributed by atoms with Crippen LogP contribution in [0.2, 0.25) is 0 Å². The second-order valence-corrected chi connectivity index (χ2v) is 9.05. The molecule has 0 aliphatic carbocycles. The molecule has 2 aromatic carbocycles. The predicted octanol–water partition coefficient (Wildman–Crippen LogP) is 2.21. The van der Waals surface area contributed by atoms with Crippen molar-refractivity contribution >= 4 is 28.9 Å². The minimum Gasteiger partial charge on any atom is -0.507 e. The molecule has 2 aliphatic heterocycles. The molecule has 2 heterocycles. The summed E-state index contributed by atoms with van der Waals surface area (Å²) in [7, 11) is 2.04. The lowest BCUT2D eigenvalue weighted by atomic mass is 9.97. The number of nitrogens with zero attached hydrogens (tertiary/aromatic N) is 3. The summed E-state index contributed by atoms with van der Waals surface area (Å²) in [5.41, 5.74) is 5.89. The van der Waals surface area contributed by atoms with Crippen molar-refractivity contribution in [1.82, 2.24) is 14.7 Å². The van der Waals surface area contributed by atoms with Gasteiger partial charge in [-0.05, 0) is 36.4 Å². The van der Waals surface area contributed by atoms with Gasteiger partial charge in [-0.25, -0.2) is 0 Å². The molecule has 4 N–H and O–H groups in total. The van der Waals surface area contributed by atoms with E-state index in [1.165, 1.54) is 12.1 Å². The highest BCUT2D eigenvalue weighted by atomic mass is 16.3. The number of Topliss-reactive ketones (excluding diaryl/α,β-unsaturated/α-hetero) is 1. The van der Waals surface area contributed by atoms with E-state index in [-0.39, 0.29) is 40.9 Å². The molecule has 2 aliphatic rings. The number of phenols is 1. The molecule has 184 valence electrons. The van der Waals surface area contributed by atoms with Crippen LogP contribution in [-0.2, 0) is 17.9 Å². The van der Waals surface area contributed by atoms with E-state index in [1.807, 2.05) is 30.1 Å². The summed E-state index contributed by atoms with van der Waals surface area (Å²) in [4.78, 5) is 44.2. The largest absolute Gasteiger partial charge is 0.507 e. The number of allylic oxidation sites excluding steroid dienone is 1. The van der Waals surface area contributed by atoms with Crippen molar-refractivity contribution in [2.24, 2.45) is 5.84 Å². The molecule has 9 heteroatoms. The molecule has 1 fully saturated rings. The van der Waals surface area contributed by atoms with Gasteiger partial charge in [-0.3, -0.25) is 20.2 Å². The van der Waals surface area contributed by atoms with Crippen LogP contribution in [0.5, 0.6) is 5.75 Å². The SMILES string of the molecule is C=C(C(=O)CC)c1cc(C(=O)N2Cc3ccc(C(=O)N4CCN(C)CC4)cc3C2)c(O)cc1NN. The van der Waals surface area contributed by atoms with Gasteiger partial charge in [-0.15, -0.1) is 0 Å². The number of piperazine rings is 1. The lowest BCUT2D eigenvalue weighted by Gasteiger charge is -2.32. The lowest BCUT2D eigenvalue weighted by Crippen LogP contribution is -2.47. The monoisotopic (exact) mass is 477 g/mol. The summed E-state index contributed by atoms with van der Waals surface area (Å²) in [5, 5.41) is 10.5. The zero-order valence-corrected chi connectivity index (χ0v) is 20.1. The van der Waals surface area contributed by atoms with E-state index in [1.54, 1.807) is 11.8 Å². The van der Waals surface area contributed by atoms with Crippen LogP contribution >= 0.6 is 0 Å². The standard InChI is InChI=1S/C26H31N5O4/c1-4-23(32)16(2)20-12-21(24(33)13-22(20)28-27)26(35)31-14-18-6-5-17(11-19(18)15-31)25(34)30-9-7-29(3)8-10-30/h5-6,11-13,28,33H,2,4,7-10,14-15,27H2,1,3H3. The predicted molar refractivity (Wildman–Crippen MR) is 134 cm³/mol. The number of nitrogen functional groups attached to an aromatic ring is 1. The molecule has 1 saturated heterocycles. The number of hydrazine groups is 1. The molecule has 2 aromatic rings. The molecule has 0 aromatic heterocycles. The first-order valence-corrected chi connectivity index (χ1v) is 11.7. The number of nitrogens with one attached hydrogen (secondary N) is 1. The van der Waals surface area contributed by atoms with Crippen LogP contribution in [0.1, 0.15) is 50.8 Å². The number of rotatable bonds is 6. The highest BCUT2D eigenvalue weighted by molar-refractivity contribution is 6.21. The second-order valence-electron chi connectivity index (χ2n) is 9.05. The summed E-state index contributed by atoms with van der Waals surface area (Å²) in [6, 6.07) is 8.34. The number of carbonyl (C=O) groups is 3. The topological polar surface area (TPSA) is 119 Å². The van der Waals surface area contributed by atoms with E-state index in [9.17, 15) is 19.5 Å². The van der Waals surface area contributed by atoms with E-state index >= 15 is 0 Å². The van der Waals surface area contributed by atoms with Gasteiger partial charge < -0.3 is 25.2 Å². The van der Waals surface area contributed by atoms with Crippen LogP contribution in [0.4, 0.5) is 5.69 Å². The average Bonchev–Trinajstić information content (AvgIpc) is 3.30. The Bertz CT molecular complexity index is 1200. The second kappa shape index (κ2) is 9.89. The first kappa shape index (κ1) is 24.4. The molecular weight excluding hydrogens is 446 g/mol. The van der Waals surface area contributed by atoms with Crippen molar-refractivity contribution in [3.8, 4) is 5.75 Å². The normalized spacial score (nSPS) is 15.6. The Hall–Kier alpha value is -3.69. The highest BCUT2D eigenvalue weighted by Crippen LogP contribution is 2.34. The van der Waals surface area contributed by atoms with E-state index < -0.39 is 0 Å². The summed E-state index contributed by atoms with van der Waals surface area (Å²) >= 11 is 0. The fourth-order valence-corrected chi connectivity index (χ4v) is 4.53. The first-order chi connectivity index (χ1) is 16.7. The van der Waals surface area contributed by atoms with Gasteiger partial charge in [0.25, 0.3) is 11.8 Å². The van der Waals surface area contributed by atoms with Crippen molar-refractivity contribution < 1.29 is 19.5 Å². The molecule has 2 amide bonds. The number of ketones is 1. The number of phenolic OH excluding ortho intramolecular Hbond substituents is 1. The number of amides is 2. The molecule has 4 rings (SSSR count). The molecule has 9 nitrogen and oxygen atoms in total. The van der Waals surface area contributed by atoms with Crippen molar-refractivity contribution in [3.05, 3.63) is 64.7 Å². The number of carbonyl (C=O) groups excluding carboxylic acids is 3. The molecule has 0 bridgehead atoms. The Morgan fingerprint density at radius 1 is 0.971 bits per heavy atom. The fourth-order valence-electron chi connectivity index (χ4n) is 4.53. The van der Waals surface area contributed by atoms with E-state index in [0.29, 0.717) is 43.0 Å². The van der Waals surface area contributed by atoms with Crippen LogP contribution in [0.25, 0.3) is 5.57 Å². The number of aromatic hydroxyl groups is 1. The molecule has 0 atom stereocenters. The van der Waals surface area contributed by atoms with Gasteiger partial charge in [0.05, 0.1) is 11.3 Å². The highest BCUT2D eigenvalue weighted by Gasteiger charge is 2.29. The van der Waals surface area contributed by atoms with Crippen LogP contribution in [-0.4, -0.2) is 70.6 Å². The summed E-state index contributed by atoms with van der Waals surface area (Å²) in [5.74, 6) is 4.75. The van der Waals surface area contributed by atoms with E-state index in [2.05, 4.69) is 16.9 Å². The number of nitrogens with two attached hydrogens (primary N) is 1. The Balaban J connectivity index is 1.55. The van der Waals surface area contributed by atoms with Crippen molar-refractivity contribution in [2.75, 3.05) is 38.7 Å². The Morgan fingerprint density at radius 2 is 1.66 bits per heavy atom. The number of benzene rings is 2. The van der Waals surface area contributed by atoms with Gasteiger partial charge in [-0.2, -0.15) is 0 Å². The van der Waals surface area contributed by atoms with Crippen molar-refractivity contribution in [2.45, 2.75) is 26.4 Å². The number of likely N-dealkylation sites (N-methyl/N-ethyl adjacent to an activating group) is 1. The maximum absolute atomic E-state index is 13.4. The molecule has 0 spiro atoms. The number of anilines is 1. The molecule has 35 heavy (non-hydrogen) atoms. The average molecular weight is 478 g/mol. The van der Waals surface area contributed by atoms with Gasteiger partial charge in [0, 0.05) is 68.5 Å². The maximum Gasteiger partial charge on any atom is 0.258 e. The Kier molecular flexibility index (Phi) is 6.90. The summed E-state index contributed by atoms with van der Waals surface area (Å²) in [6.07, 6.45) is 0.254. The van der Waals surface area contributed by atoms with Gasteiger partial charge in [0.15, 0.2) is 5.78 Å². The van der Waals surface area contributed by atoms with Gasteiger partial charge in [0.1, 0.15) is 5.75 Å². The van der Waals surface area contributed by atoms with Crippen molar-refractivity contribution in [1.29, 1.82) is 0 Å². The van der Waals surface area contributed by atoms with Crippen molar-refractivity contribution in [3.63, 3.8) is 0 Å². The fraction of sp³-hybridized carbons (Fsp3) is 0.346. The third kappa shape index (κ3) is 4.78. The van der Waals surface area contributed by atoms with Gasteiger partial charge in [-0.1, -0.05) is 19.6 Å². The minimum atomic E-state index is -0.382. The maximum atomic E-state index is 13.4. The number of hydrogen-bond acceptors (Lipinski definition) is 7. The third-order valence-corrected chi connectivity index (χ3v) is 6.76. The van der Waals surface area contributed by atoms with Crippen LogP contribution in [0.15, 0.2) is 36.9 Å². The zero-order chi connectivity index (χ0) is 25.3. The summed E-state index contributed by atoms with van der Waals surface area (Å²) < 4.78 is 0. The quantitative estimate of drug-likeness (QED) is 0.332. The molecule has 0 radical (unpaired) electrons. The minimum absolute atomic E-state index is 0.00283.